The highest BCUT2D eigenvalue weighted by atomic mass is 14.3. The van der Waals surface area contributed by atoms with Crippen LogP contribution < -0.4 is 0 Å². The standard InChI is InChI=1S/C16H28/c1-9-11-12(3)14(5)15(6)16(7,8)13(4)10-2/h9-10,15H,1,11H2,2-8H3/b13-10+,14-12-. The highest BCUT2D eigenvalue weighted by molar-refractivity contribution is 5.22. The van der Waals surface area contributed by atoms with Gasteiger partial charge in [0.2, 0.25) is 0 Å². The quantitative estimate of drug-likeness (QED) is 0.535. The first-order valence-electron chi connectivity index (χ1n) is 6.19. The molecule has 0 aliphatic rings. The molecule has 0 amide bonds. The van der Waals surface area contributed by atoms with E-state index in [0.29, 0.717) is 5.92 Å². The van der Waals surface area contributed by atoms with Gasteiger partial charge >= 0.3 is 0 Å². The molecule has 0 fully saturated rings. The Hall–Kier alpha value is -0.780. The summed E-state index contributed by atoms with van der Waals surface area (Å²) in [6.45, 7) is 19.6. The summed E-state index contributed by atoms with van der Waals surface area (Å²) in [6, 6.07) is 0. The molecule has 0 radical (unpaired) electrons. The van der Waals surface area contributed by atoms with E-state index in [9.17, 15) is 0 Å². The molecule has 0 rings (SSSR count). The van der Waals surface area contributed by atoms with Gasteiger partial charge in [-0.15, -0.1) is 6.58 Å². The molecule has 0 heterocycles. The zero-order valence-electron chi connectivity index (χ0n) is 12.1. The minimum absolute atomic E-state index is 0.237. The molecule has 0 saturated heterocycles. The highest BCUT2D eigenvalue weighted by Gasteiger charge is 2.28. The maximum absolute atomic E-state index is 3.81. The molecule has 0 aliphatic carbocycles. The Balaban J connectivity index is 5.13. The third kappa shape index (κ3) is 3.37. The Kier molecular flexibility index (Phi) is 5.78. The van der Waals surface area contributed by atoms with E-state index in [4.69, 9.17) is 0 Å². The third-order valence-corrected chi connectivity index (χ3v) is 4.31. The first kappa shape index (κ1) is 15.2. The molecular weight excluding hydrogens is 192 g/mol. The Morgan fingerprint density at radius 2 is 1.75 bits per heavy atom. The zero-order valence-corrected chi connectivity index (χ0v) is 12.1. The summed E-state index contributed by atoms with van der Waals surface area (Å²) in [4.78, 5) is 0. The van der Waals surface area contributed by atoms with Gasteiger partial charge in [-0.25, -0.2) is 0 Å². The summed E-state index contributed by atoms with van der Waals surface area (Å²) in [7, 11) is 0. The lowest BCUT2D eigenvalue weighted by atomic mass is 9.70. The molecule has 0 aromatic rings. The Bertz CT molecular complexity index is 300. The molecule has 1 unspecified atom stereocenters. The average Bonchev–Trinajstić information content (AvgIpc) is 2.25. The van der Waals surface area contributed by atoms with E-state index in [1.54, 1.807) is 0 Å². The molecule has 0 aliphatic heterocycles. The van der Waals surface area contributed by atoms with Gasteiger partial charge in [-0.1, -0.05) is 49.6 Å². The monoisotopic (exact) mass is 220 g/mol. The minimum atomic E-state index is 0.237. The lowest BCUT2D eigenvalue weighted by molar-refractivity contribution is 0.325. The van der Waals surface area contributed by atoms with Gasteiger partial charge in [-0.2, -0.15) is 0 Å². The smallest absolute Gasteiger partial charge is 0.00848 e. The lowest BCUT2D eigenvalue weighted by Gasteiger charge is -2.35. The first-order chi connectivity index (χ1) is 7.28. The molecule has 0 aromatic carbocycles. The Morgan fingerprint density at radius 1 is 1.25 bits per heavy atom. The fourth-order valence-electron chi connectivity index (χ4n) is 2.00. The minimum Gasteiger partial charge on any atom is -0.103 e. The molecule has 0 N–H and O–H groups in total. The zero-order chi connectivity index (χ0) is 12.9. The maximum atomic E-state index is 3.81. The lowest BCUT2D eigenvalue weighted by Crippen LogP contribution is -2.24. The van der Waals surface area contributed by atoms with Crippen LogP contribution in [0.5, 0.6) is 0 Å². The van der Waals surface area contributed by atoms with Crippen molar-refractivity contribution in [2.45, 2.75) is 54.9 Å². The molecule has 0 nitrogen and oxygen atoms in total. The van der Waals surface area contributed by atoms with Gasteiger partial charge in [0.05, 0.1) is 0 Å². The van der Waals surface area contributed by atoms with Crippen LogP contribution >= 0.6 is 0 Å². The van der Waals surface area contributed by atoms with Crippen molar-refractivity contribution in [2.75, 3.05) is 0 Å². The van der Waals surface area contributed by atoms with Gasteiger partial charge in [0.25, 0.3) is 0 Å². The van der Waals surface area contributed by atoms with E-state index in [-0.39, 0.29) is 5.41 Å². The Labute approximate surface area is 102 Å². The summed E-state index contributed by atoms with van der Waals surface area (Å²) in [5, 5.41) is 0. The molecule has 0 heteroatoms. The van der Waals surface area contributed by atoms with Crippen LogP contribution in [-0.4, -0.2) is 0 Å². The average molecular weight is 220 g/mol. The van der Waals surface area contributed by atoms with E-state index in [0.717, 1.165) is 6.42 Å². The summed E-state index contributed by atoms with van der Waals surface area (Å²) in [5.41, 5.74) is 4.66. The van der Waals surface area contributed by atoms with Gasteiger partial charge in [-0.05, 0) is 45.4 Å². The molecule has 1 atom stereocenters. The summed E-state index contributed by atoms with van der Waals surface area (Å²) in [6.07, 6.45) is 5.22. The van der Waals surface area contributed by atoms with Crippen LogP contribution in [0.25, 0.3) is 0 Å². The molecule has 92 valence electrons. The van der Waals surface area contributed by atoms with Crippen molar-refractivity contribution in [2.24, 2.45) is 11.3 Å². The van der Waals surface area contributed by atoms with Crippen molar-refractivity contribution in [3.05, 3.63) is 35.5 Å². The SMILES string of the molecule is C=CC/C(C)=C(/C)C(C)C(C)(C)/C(C)=C/C. The fraction of sp³-hybridized carbons (Fsp3) is 0.625. The van der Waals surface area contributed by atoms with E-state index in [2.05, 4.69) is 61.1 Å². The molecular formula is C16H28. The largest absolute Gasteiger partial charge is 0.103 e. The Morgan fingerprint density at radius 3 is 2.12 bits per heavy atom. The van der Waals surface area contributed by atoms with Crippen LogP contribution in [-0.2, 0) is 0 Å². The van der Waals surface area contributed by atoms with Crippen LogP contribution in [0.1, 0.15) is 54.9 Å². The van der Waals surface area contributed by atoms with E-state index in [1.165, 1.54) is 16.7 Å². The highest BCUT2D eigenvalue weighted by Crippen LogP contribution is 2.39. The van der Waals surface area contributed by atoms with Gasteiger partial charge in [0, 0.05) is 0 Å². The number of hydrogen-bond donors (Lipinski definition) is 0. The topological polar surface area (TPSA) is 0 Å². The second-order valence-electron chi connectivity index (χ2n) is 5.37. The van der Waals surface area contributed by atoms with Gasteiger partial charge in [-0.3, -0.25) is 0 Å². The van der Waals surface area contributed by atoms with Crippen molar-refractivity contribution in [3.8, 4) is 0 Å². The van der Waals surface area contributed by atoms with Crippen molar-refractivity contribution in [1.29, 1.82) is 0 Å². The van der Waals surface area contributed by atoms with Crippen LogP contribution in [0, 0.1) is 11.3 Å². The molecule has 16 heavy (non-hydrogen) atoms. The van der Waals surface area contributed by atoms with Gasteiger partial charge in [0.1, 0.15) is 0 Å². The van der Waals surface area contributed by atoms with Crippen LogP contribution in [0.15, 0.2) is 35.5 Å². The number of hydrogen-bond acceptors (Lipinski definition) is 0. The van der Waals surface area contributed by atoms with Crippen molar-refractivity contribution >= 4 is 0 Å². The molecule has 0 bridgehead atoms. The van der Waals surface area contributed by atoms with E-state index in [1.807, 2.05) is 6.08 Å². The van der Waals surface area contributed by atoms with Crippen molar-refractivity contribution in [1.82, 2.24) is 0 Å². The second kappa shape index (κ2) is 6.08. The summed E-state index contributed by atoms with van der Waals surface area (Å²) < 4.78 is 0. The van der Waals surface area contributed by atoms with Crippen molar-refractivity contribution < 1.29 is 0 Å². The van der Waals surface area contributed by atoms with Gasteiger partial charge in [0.15, 0.2) is 0 Å². The normalized spacial score (nSPS) is 16.8. The van der Waals surface area contributed by atoms with Crippen LogP contribution in [0.2, 0.25) is 0 Å². The molecule has 0 saturated carbocycles. The first-order valence-corrected chi connectivity index (χ1v) is 6.19. The van der Waals surface area contributed by atoms with Crippen molar-refractivity contribution in [3.63, 3.8) is 0 Å². The summed E-state index contributed by atoms with van der Waals surface area (Å²) >= 11 is 0. The summed E-state index contributed by atoms with van der Waals surface area (Å²) in [5.74, 6) is 0.573. The van der Waals surface area contributed by atoms with Crippen LogP contribution in [0.3, 0.4) is 0 Å². The second-order valence-corrected chi connectivity index (χ2v) is 5.37. The molecule has 0 aromatic heterocycles. The maximum Gasteiger partial charge on any atom is -0.00848 e. The predicted octanol–water partition coefficient (Wildman–Crippen LogP) is 5.53. The predicted molar refractivity (Wildman–Crippen MR) is 75.6 cm³/mol. The third-order valence-electron chi connectivity index (χ3n) is 4.31. The fourth-order valence-corrected chi connectivity index (χ4v) is 2.00. The van der Waals surface area contributed by atoms with Crippen LogP contribution in [0.4, 0.5) is 0 Å². The van der Waals surface area contributed by atoms with E-state index >= 15 is 0 Å². The van der Waals surface area contributed by atoms with Gasteiger partial charge < -0.3 is 0 Å². The number of rotatable bonds is 5. The number of allylic oxidation sites excluding steroid dienone is 5. The molecule has 0 spiro atoms. The van der Waals surface area contributed by atoms with E-state index < -0.39 is 0 Å².